The number of amides is 1. The maximum Gasteiger partial charge on any atom is 0.221 e. The number of anilines is 1. The van der Waals surface area contributed by atoms with Gasteiger partial charge in [-0.2, -0.15) is 0 Å². The maximum absolute atomic E-state index is 13.4. The Morgan fingerprint density at radius 3 is 2.10 bits per heavy atom. The Morgan fingerprint density at radius 2 is 1.50 bits per heavy atom. The van der Waals surface area contributed by atoms with E-state index in [9.17, 15) is 14.4 Å². The van der Waals surface area contributed by atoms with Gasteiger partial charge in [0.15, 0.2) is 0 Å². The van der Waals surface area contributed by atoms with Crippen LogP contribution in [0, 0.1) is 0 Å². The zero-order chi connectivity index (χ0) is 21.3. The van der Waals surface area contributed by atoms with Crippen LogP contribution in [0.4, 0.5) is 5.69 Å². The normalized spacial score (nSPS) is 17.2. The van der Waals surface area contributed by atoms with Gasteiger partial charge in [0.1, 0.15) is 5.70 Å². The molecule has 0 saturated carbocycles. The van der Waals surface area contributed by atoms with Crippen LogP contribution in [0.5, 0.6) is 0 Å². The lowest BCUT2D eigenvalue weighted by atomic mass is 9.91. The molecule has 2 aromatic rings. The van der Waals surface area contributed by atoms with Gasteiger partial charge >= 0.3 is 0 Å². The molecule has 0 bridgehead atoms. The van der Waals surface area contributed by atoms with E-state index in [2.05, 4.69) is 17.3 Å². The third-order valence-electron chi connectivity index (χ3n) is 5.27. The van der Waals surface area contributed by atoms with Crippen LogP contribution >= 0.6 is 11.8 Å². The summed E-state index contributed by atoms with van der Waals surface area (Å²) < 4.78 is 0. The predicted octanol–water partition coefficient (Wildman–Crippen LogP) is 3.28. The number of rotatable bonds is 4. The third-order valence-corrected chi connectivity index (χ3v) is 6.36. The first-order valence-electron chi connectivity index (χ1n) is 9.86. The van der Waals surface area contributed by atoms with E-state index in [-0.39, 0.29) is 17.5 Å². The summed E-state index contributed by atoms with van der Waals surface area (Å²) in [5.74, 6) is -0.345. The van der Waals surface area contributed by atoms with Crippen molar-refractivity contribution in [1.82, 2.24) is 9.80 Å². The number of carbonyl (C=O) groups excluding carboxylic acids is 3. The number of nitrogens with zero attached hydrogens (tertiary/aromatic N) is 2. The van der Waals surface area contributed by atoms with Crippen molar-refractivity contribution in [1.29, 1.82) is 0 Å². The molecule has 1 heterocycles. The van der Waals surface area contributed by atoms with E-state index < -0.39 is 0 Å². The van der Waals surface area contributed by atoms with E-state index in [0.717, 1.165) is 18.0 Å². The summed E-state index contributed by atoms with van der Waals surface area (Å²) in [6.45, 7) is 4.56. The van der Waals surface area contributed by atoms with Crippen molar-refractivity contribution in [2.45, 2.75) is 11.8 Å². The van der Waals surface area contributed by atoms with Crippen LogP contribution in [0.1, 0.15) is 27.6 Å². The fourth-order valence-corrected chi connectivity index (χ4v) is 4.71. The van der Waals surface area contributed by atoms with Crippen molar-refractivity contribution >= 4 is 34.9 Å². The first-order chi connectivity index (χ1) is 14.4. The van der Waals surface area contributed by atoms with Gasteiger partial charge in [0.25, 0.3) is 0 Å². The average Bonchev–Trinajstić information content (AvgIpc) is 2.74. The van der Waals surface area contributed by atoms with E-state index in [1.54, 1.807) is 36.4 Å². The van der Waals surface area contributed by atoms with Gasteiger partial charge in [-0.1, -0.05) is 36.0 Å². The number of ketones is 2. The van der Waals surface area contributed by atoms with Gasteiger partial charge < -0.3 is 15.1 Å². The smallest absolute Gasteiger partial charge is 0.221 e. The van der Waals surface area contributed by atoms with Crippen LogP contribution in [0.15, 0.2) is 64.0 Å². The predicted molar refractivity (Wildman–Crippen MR) is 118 cm³/mol. The van der Waals surface area contributed by atoms with Gasteiger partial charge in [0.05, 0.1) is 4.91 Å². The molecule has 7 heteroatoms. The van der Waals surface area contributed by atoms with Crippen LogP contribution in [-0.2, 0) is 4.79 Å². The quantitative estimate of drug-likeness (QED) is 0.817. The number of thioether (sulfide) groups is 1. The van der Waals surface area contributed by atoms with Gasteiger partial charge in [0.2, 0.25) is 17.5 Å². The van der Waals surface area contributed by atoms with Crippen LogP contribution in [0.3, 0.4) is 0 Å². The van der Waals surface area contributed by atoms with Crippen LogP contribution in [0.25, 0.3) is 0 Å². The summed E-state index contributed by atoms with van der Waals surface area (Å²) in [6, 6.07) is 14.3. The molecular formula is C23H23N3O3S. The Bertz CT molecular complexity index is 1040. The fourth-order valence-electron chi connectivity index (χ4n) is 3.68. The molecule has 0 aromatic heterocycles. The SMILES string of the molecule is CC(=O)Nc1ccc(SC2=C(N3CCN(C)CC3)C(=O)c3ccccc3C2=O)cc1. The summed E-state index contributed by atoms with van der Waals surface area (Å²) in [7, 11) is 2.06. The molecule has 0 unspecified atom stereocenters. The van der Waals surface area contributed by atoms with Gasteiger partial charge in [-0.25, -0.2) is 0 Å². The number of Topliss-reactive ketones (excluding diaryl/α,β-unsaturated/α-hetero) is 2. The number of benzene rings is 2. The van der Waals surface area contributed by atoms with Crippen molar-refractivity contribution in [2.24, 2.45) is 0 Å². The standard InChI is InChI=1S/C23H23N3O3S/c1-15(27)24-16-7-9-17(10-8-16)30-23-20(26-13-11-25(2)12-14-26)21(28)18-5-3-4-6-19(18)22(23)29/h3-10H,11-14H2,1-2H3,(H,24,27). The number of allylic oxidation sites excluding steroid dienone is 2. The summed E-state index contributed by atoms with van der Waals surface area (Å²) in [4.78, 5) is 43.6. The van der Waals surface area contributed by atoms with Crippen molar-refractivity contribution in [2.75, 3.05) is 38.5 Å². The first-order valence-corrected chi connectivity index (χ1v) is 10.7. The Balaban J connectivity index is 1.71. The molecular weight excluding hydrogens is 398 g/mol. The third kappa shape index (κ3) is 4.04. The van der Waals surface area contributed by atoms with Crippen molar-refractivity contribution in [3.8, 4) is 0 Å². The molecule has 0 spiro atoms. The Labute approximate surface area is 179 Å². The molecule has 1 saturated heterocycles. The zero-order valence-electron chi connectivity index (χ0n) is 17.0. The second-order valence-electron chi connectivity index (χ2n) is 7.48. The highest BCUT2D eigenvalue weighted by atomic mass is 32.2. The topological polar surface area (TPSA) is 69.7 Å². The lowest BCUT2D eigenvalue weighted by molar-refractivity contribution is -0.114. The van der Waals surface area contributed by atoms with Gasteiger partial charge in [-0.3, -0.25) is 14.4 Å². The number of carbonyl (C=O) groups is 3. The summed E-state index contributed by atoms with van der Waals surface area (Å²) >= 11 is 1.31. The molecule has 1 fully saturated rings. The zero-order valence-corrected chi connectivity index (χ0v) is 17.8. The summed E-state index contributed by atoms with van der Waals surface area (Å²) in [6.07, 6.45) is 0. The van der Waals surface area contributed by atoms with E-state index in [1.807, 2.05) is 17.0 Å². The molecule has 154 valence electrons. The molecule has 2 aromatic carbocycles. The average molecular weight is 422 g/mol. The van der Waals surface area contributed by atoms with E-state index in [1.165, 1.54) is 18.7 Å². The fraction of sp³-hybridized carbons (Fsp3) is 0.261. The molecule has 1 amide bonds. The van der Waals surface area contributed by atoms with Crippen molar-refractivity contribution in [3.63, 3.8) is 0 Å². The minimum Gasteiger partial charge on any atom is -0.365 e. The van der Waals surface area contributed by atoms with Crippen LogP contribution in [0.2, 0.25) is 0 Å². The number of hydrogen-bond donors (Lipinski definition) is 1. The highest BCUT2D eigenvalue weighted by molar-refractivity contribution is 8.04. The first kappa shape index (κ1) is 20.4. The van der Waals surface area contributed by atoms with Crippen molar-refractivity contribution in [3.05, 3.63) is 70.3 Å². The second-order valence-corrected chi connectivity index (χ2v) is 8.56. The number of likely N-dealkylation sites (N-methyl/N-ethyl adjacent to an activating group) is 1. The van der Waals surface area contributed by atoms with Crippen LogP contribution in [-0.4, -0.2) is 60.5 Å². The molecule has 1 N–H and O–H groups in total. The monoisotopic (exact) mass is 421 g/mol. The highest BCUT2D eigenvalue weighted by Gasteiger charge is 2.36. The van der Waals surface area contributed by atoms with Crippen molar-refractivity contribution < 1.29 is 14.4 Å². The second kappa shape index (κ2) is 8.45. The molecule has 1 aliphatic heterocycles. The molecule has 6 nitrogen and oxygen atoms in total. The molecule has 0 radical (unpaired) electrons. The van der Waals surface area contributed by atoms with Gasteiger partial charge in [-0.15, -0.1) is 0 Å². The van der Waals surface area contributed by atoms with Gasteiger partial charge in [-0.05, 0) is 31.3 Å². The highest BCUT2D eigenvalue weighted by Crippen LogP contribution is 2.38. The molecule has 30 heavy (non-hydrogen) atoms. The van der Waals surface area contributed by atoms with E-state index in [0.29, 0.717) is 40.5 Å². The molecule has 2 aliphatic rings. The lowest BCUT2D eigenvalue weighted by Crippen LogP contribution is -2.46. The minimum absolute atomic E-state index is 0.0906. The molecule has 4 rings (SSSR count). The number of fused-ring (bicyclic) bond motifs is 1. The number of hydrogen-bond acceptors (Lipinski definition) is 6. The van der Waals surface area contributed by atoms with Crippen LogP contribution < -0.4 is 5.32 Å². The molecule has 1 aliphatic carbocycles. The summed E-state index contributed by atoms with van der Waals surface area (Å²) in [5.41, 5.74) is 2.12. The number of piperazine rings is 1. The van der Waals surface area contributed by atoms with Gasteiger partial charge in [0, 0.05) is 54.8 Å². The minimum atomic E-state index is -0.139. The largest absolute Gasteiger partial charge is 0.365 e. The Morgan fingerprint density at radius 1 is 0.900 bits per heavy atom. The lowest BCUT2D eigenvalue weighted by Gasteiger charge is -2.37. The summed E-state index contributed by atoms with van der Waals surface area (Å²) in [5, 5.41) is 2.73. The molecule has 0 atom stereocenters. The Kier molecular flexibility index (Phi) is 5.74. The number of nitrogens with one attached hydrogen (secondary N) is 1. The maximum atomic E-state index is 13.4. The van der Waals surface area contributed by atoms with E-state index >= 15 is 0 Å². The van der Waals surface area contributed by atoms with E-state index in [4.69, 9.17) is 0 Å². The Hall–Kier alpha value is -2.90.